The Hall–Kier alpha value is -2.41. The molecule has 0 unspecified atom stereocenters. The van der Waals surface area contributed by atoms with E-state index in [-0.39, 0.29) is 6.09 Å². The molecule has 2 aromatic rings. The number of hydrogen-bond acceptors (Lipinski definition) is 5. The van der Waals surface area contributed by atoms with E-state index < -0.39 is 5.60 Å². The smallest absolute Gasteiger partial charge is 0.410 e. The number of carbonyl (C=O) groups excluding carboxylic acids is 1. The summed E-state index contributed by atoms with van der Waals surface area (Å²) in [6, 6.07) is 9.85. The van der Waals surface area contributed by atoms with Crippen LogP contribution in [0, 0.1) is 0 Å². The Bertz CT molecular complexity index is 700. The fourth-order valence-electron chi connectivity index (χ4n) is 2.70. The van der Waals surface area contributed by atoms with Crippen LogP contribution in [0.2, 0.25) is 0 Å². The summed E-state index contributed by atoms with van der Waals surface area (Å²) in [5.41, 5.74) is 1.42. The zero-order valence-electron chi connectivity index (χ0n) is 15.1. The van der Waals surface area contributed by atoms with Crippen molar-refractivity contribution in [2.45, 2.75) is 32.9 Å². The molecule has 1 fully saturated rings. The Balaban J connectivity index is 1.51. The molecule has 1 aromatic carbocycles. The van der Waals surface area contributed by atoms with E-state index in [0.29, 0.717) is 13.1 Å². The highest BCUT2D eigenvalue weighted by atomic mass is 16.6. The molecule has 25 heavy (non-hydrogen) atoms. The first-order chi connectivity index (χ1) is 11.9. The van der Waals surface area contributed by atoms with Crippen LogP contribution in [0.4, 0.5) is 4.79 Å². The van der Waals surface area contributed by atoms with E-state index in [9.17, 15) is 4.79 Å². The van der Waals surface area contributed by atoms with Gasteiger partial charge < -0.3 is 9.64 Å². The van der Waals surface area contributed by atoms with Gasteiger partial charge >= 0.3 is 6.09 Å². The first kappa shape index (κ1) is 17.4. The molecule has 1 saturated heterocycles. The van der Waals surface area contributed by atoms with Crippen LogP contribution >= 0.6 is 0 Å². The number of carbonyl (C=O) groups is 1. The van der Waals surface area contributed by atoms with Gasteiger partial charge in [0.2, 0.25) is 0 Å². The van der Waals surface area contributed by atoms with Crippen molar-refractivity contribution in [3.63, 3.8) is 0 Å². The van der Waals surface area contributed by atoms with Gasteiger partial charge in [0.1, 0.15) is 5.60 Å². The number of ether oxygens (including phenoxy) is 1. The van der Waals surface area contributed by atoms with Crippen LogP contribution in [-0.2, 0) is 11.3 Å². The van der Waals surface area contributed by atoms with Gasteiger partial charge in [-0.05, 0) is 32.9 Å². The second kappa shape index (κ2) is 7.23. The Morgan fingerprint density at radius 2 is 1.80 bits per heavy atom. The molecule has 0 atom stereocenters. The Morgan fingerprint density at radius 3 is 2.44 bits per heavy atom. The molecule has 3 rings (SSSR count). The van der Waals surface area contributed by atoms with E-state index in [1.54, 1.807) is 15.9 Å². The van der Waals surface area contributed by atoms with Gasteiger partial charge in [-0.25, -0.2) is 4.79 Å². The van der Waals surface area contributed by atoms with Crippen molar-refractivity contribution in [2.24, 2.45) is 0 Å². The van der Waals surface area contributed by atoms with Crippen molar-refractivity contribution in [1.82, 2.24) is 24.8 Å². The largest absolute Gasteiger partial charge is 0.444 e. The minimum Gasteiger partial charge on any atom is -0.444 e. The highest BCUT2D eigenvalue weighted by Gasteiger charge is 2.26. The summed E-state index contributed by atoms with van der Waals surface area (Å²) < 4.78 is 5.43. The maximum absolute atomic E-state index is 12.1. The minimum atomic E-state index is -0.454. The van der Waals surface area contributed by atoms with Gasteiger partial charge in [0.15, 0.2) is 0 Å². The maximum atomic E-state index is 12.1. The van der Waals surface area contributed by atoms with Gasteiger partial charge in [-0.3, -0.25) is 4.90 Å². The molecule has 2 heterocycles. The van der Waals surface area contributed by atoms with Crippen molar-refractivity contribution in [3.8, 4) is 5.69 Å². The molecule has 0 saturated carbocycles. The fourth-order valence-corrected chi connectivity index (χ4v) is 2.70. The van der Waals surface area contributed by atoms with Gasteiger partial charge in [-0.2, -0.15) is 15.0 Å². The molecule has 1 aliphatic heterocycles. The third-order valence-corrected chi connectivity index (χ3v) is 3.94. The molecule has 7 nitrogen and oxygen atoms in total. The summed E-state index contributed by atoms with van der Waals surface area (Å²) >= 11 is 0. The fraction of sp³-hybridized carbons (Fsp3) is 0.500. The molecular formula is C18H25N5O2. The van der Waals surface area contributed by atoms with Gasteiger partial charge in [0.05, 0.1) is 17.6 Å². The number of piperazine rings is 1. The van der Waals surface area contributed by atoms with Crippen LogP contribution in [-0.4, -0.2) is 62.7 Å². The molecule has 0 aliphatic carbocycles. The molecule has 0 radical (unpaired) electrons. The Morgan fingerprint density at radius 1 is 1.12 bits per heavy atom. The third kappa shape index (κ3) is 4.79. The van der Waals surface area contributed by atoms with Gasteiger partial charge in [0.25, 0.3) is 0 Å². The normalized spacial score (nSPS) is 16.0. The SMILES string of the molecule is CC(C)(C)OC(=O)N1CCN(Cc2cnn(-c3ccccc3)n2)CC1. The lowest BCUT2D eigenvalue weighted by molar-refractivity contribution is 0.0138. The van der Waals surface area contributed by atoms with E-state index in [0.717, 1.165) is 31.0 Å². The number of benzene rings is 1. The summed E-state index contributed by atoms with van der Waals surface area (Å²) in [6.45, 7) is 9.33. The standard InChI is InChI=1S/C18H25N5O2/c1-18(2,3)25-17(24)22-11-9-21(10-12-22)14-15-13-19-23(20-15)16-7-5-4-6-8-16/h4-8,13H,9-12,14H2,1-3H3. The molecule has 7 heteroatoms. The molecule has 134 valence electrons. The summed E-state index contributed by atoms with van der Waals surface area (Å²) in [7, 11) is 0. The molecule has 1 aromatic heterocycles. The molecule has 0 spiro atoms. The van der Waals surface area contributed by atoms with E-state index in [4.69, 9.17) is 4.74 Å². The van der Waals surface area contributed by atoms with Crippen LogP contribution in [0.1, 0.15) is 26.5 Å². The average molecular weight is 343 g/mol. The number of nitrogens with zero attached hydrogens (tertiary/aromatic N) is 5. The summed E-state index contributed by atoms with van der Waals surface area (Å²) in [5, 5.41) is 8.87. The molecular weight excluding hydrogens is 318 g/mol. The first-order valence-corrected chi connectivity index (χ1v) is 8.58. The molecule has 1 amide bonds. The number of amides is 1. The third-order valence-electron chi connectivity index (χ3n) is 3.94. The summed E-state index contributed by atoms with van der Waals surface area (Å²) in [5.74, 6) is 0. The lowest BCUT2D eigenvalue weighted by Crippen LogP contribution is -2.49. The van der Waals surface area contributed by atoms with Crippen LogP contribution in [0.5, 0.6) is 0 Å². The predicted octanol–water partition coefficient (Wildman–Crippen LogP) is 2.32. The van der Waals surface area contributed by atoms with Crippen LogP contribution in [0.15, 0.2) is 36.5 Å². The number of rotatable bonds is 3. The average Bonchev–Trinajstić information content (AvgIpc) is 3.03. The van der Waals surface area contributed by atoms with E-state index >= 15 is 0 Å². The molecule has 0 bridgehead atoms. The number of aromatic nitrogens is 3. The predicted molar refractivity (Wildman–Crippen MR) is 94.4 cm³/mol. The van der Waals surface area contributed by atoms with Gasteiger partial charge in [0, 0.05) is 32.7 Å². The van der Waals surface area contributed by atoms with Crippen molar-refractivity contribution in [1.29, 1.82) is 0 Å². The number of para-hydroxylation sites is 1. The lowest BCUT2D eigenvalue weighted by atomic mass is 10.2. The highest BCUT2D eigenvalue weighted by Crippen LogP contribution is 2.13. The second-order valence-electron chi connectivity index (χ2n) is 7.20. The van der Waals surface area contributed by atoms with Crippen molar-refractivity contribution in [3.05, 3.63) is 42.2 Å². The minimum absolute atomic E-state index is 0.234. The molecule has 0 N–H and O–H groups in total. The van der Waals surface area contributed by atoms with Crippen LogP contribution < -0.4 is 0 Å². The van der Waals surface area contributed by atoms with Crippen LogP contribution in [0.25, 0.3) is 5.69 Å². The highest BCUT2D eigenvalue weighted by molar-refractivity contribution is 5.68. The van der Waals surface area contributed by atoms with E-state index in [1.165, 1.54) is 0 Å². The topological polar surface area (TPSA) is 63.5 Å². The summed E-state index contributed by atoms with van der Waals surface area (Å²) in [4.78, 5) is 17.8. The van der Waals surface area contributed by atoms with Crippen molar-refractivity contribution in [2.75, 3.05) is 26.2 Å². The lowest BCUT2D eigenvalue weighted by Gasteiger charge is -2.35. The maximum Gasteiger partial charge on any atom is 0.410 e. The monoisotopic (exact) mass is 343 g/mol. The van der Waals surface area contributed by atoms with Crippen LogP contribution in [0.3, 0.4) is 0 Å². The van der Waals surface area contributed by atoms with E-state index in [1.807, 2.05) is 51.1 Å². The Labute approximate surface area is 148 Å². The van der Waals surface area contributed by atoms with E-state index in [2.05, 4.69) is 15.1 Å². The van der Waals surface area contributed by atoms with Gasteiger partial charge in [-0.15, -0.1) is 0 Å². The second-order valence-corrected chi connectivity index (χ2v) is 7.20. The first-order valence-electron chi connectivity index (χ1n) is 8.58. The quantitative estimate of drug-likeness (QED) is 0.856. The number of hydrogen-bond donors (Lipinski definition) is 0. The zero-order valence-corrected chi connectivity index (χ0v) is 15.1. The molecule has 1 aliphatic rings. The van der Waals surface area contributed by atoms with Crippen molar-refractivity contribution < 1.29 is 9.53 Å². The van der Waals surface area contributed by atoms with Crippen molar-refractivity contribution >= 4 is 6.09 Å². The van der Waals surface area contributed by atoms with Gasteiger partial charge in [-0.1, -0.05) is 18.2 Å². The zero-order chi connectivity index (χ0) is 17.9. The Kier molecular flexibility index (Phi) is 5.03. The summed E-state index contributed by atoms with van der Waals surface area (Å²) in [6.07, 6.45) is 1.56.